The zero-order valence-electron chi connectivity index (χ0n) is 17.5. The van der Waals surface area contributed by atoms with E-state index < -0.39 is 11.4 Å². The number of halogens is 1. The molecule has 0 bridgehead atoms. The van der Waals surface area contributed by atoms with Crippen molar-refractivity contribution >= 4 is 22.4 Å². The van der Waals surface area contributed by atoms with Crippen LogP contribution in [0.1, 0.15) is 31.7 Å². The van der Waals surface area contributed by atoms with Gasteiger partial charge in [0.2, 0.25) is 0 Å². The van der Waals surface area contributed by atoms with Crippen LogP contribution in [0.3, 0.4) is 0 Å². The minimum atomic E-state index is -1.19. The fourth-order valence-electron chi connectivity index (χ4n) is 4.58. The van der Waals surface area contributed by atoms with Crippen molar-refractivity contribution in [3.05, 3.63) is 72.9 Å². The van der Waals surface area contributed by atoms with E-state index >= 15 is 0 Å². The lowest BCUT2D eigenvalue weighted by atomic mass is 9.91. The molecule has 1 aliphatic rings. The summed E-state index contributed by atoms with van der Waals surface area (Å²) in [6, 6.07) is 11.0. The van der Waals surface area contributed by atoms with Gasteiger partial charge in [-0.2, -0.15) is 0 Å². The van der Waals surface area contributed by atoms with E-state index in [0.29, 0.717) is 0 Å². The number of hydrogen-bond donors (Lipinski definition) is 2. The minimum absolute atomic E-state index is 0.214. The van der Waals surface area contributed by atoms with Crippen molar-refractivity contribution in [2.24, 2.45) is 0 Å². The van der Waals surface area contributed by atoms with E-state index in [4.69, 9.17) is 4.98 Å². The lowest BCUT2D eigenvalue weighted by molar-refractivity contribution is 0.313. The Balaban J connectivity index is 1.55. The molecule has 164 valence electrons. The molecule has 1 aromatic carbocycles. The number of hydrogen-bond acceptors (Lipinski definition) is 4. The summed E-state index contributed by atoms with van der Waals surface area (Å²) in [5, 5.41) is 2.45. The highest BCUT2D eigenvalue weighted by Crippen LogP contribution is 2.39. The number of nitrogens with zero attached hydrogens (tertiary/aromatic N) is 3. The quantitative estimate of drug-likeness (QED) is 0.401. The molecule has 1 aliphatic carbocycles. The van der Waals surface area contributed by atoms with Crippen molar-refractivity contribution in [2.75, 3.05) is 0 Å². The van der Waals surface area contributed by atoms with E-state index in [1.54, 1.807) is 18.3 Å². The van der Waals surface area contributed by atoms with Crippen LogP contribution in [0.25, 0.3) is 33.5 Å². The Hall–Kier alpha value is -2.94. The van der Waals surface area contributed by atoms with E-state index in [9.17, 15) is 8.94 Å². The van der Waals surface area contributed by atoms with E-state index in [1.165, 1.54) is 17.5 Å². The van der Waals surface area contributed by atoms with Crippen LogP contribution >= 0.6 is 0 Å². The Morgan fingerprint density at radius 1 is 1.12 bits per heavy atom. The second kappa shape index (κ2) is 8.90. The van der Waals surface area contributed by atoms with Gasteiger partial charge < -0.3 is 14.1 Å². The molecule has 8 heteroatoms. The van der Waals surface area contributed by atoms with Crippen LogP contribution in [0.5, 0.6) is 0 Å². The number of fused-ring (bicyclic) bond motifs is 1. The smallest absolute Gasteiger partial charge is 0.137 e. The third kappa shape index (κ3) is 3.97. The van der Waals surface area contributed by atoms with Crippen LogP contribution in [0.2, 0.25) is 0 Å². The van der Waals surface area contributed by atoms with Crippen molar-refractivity contribution in [2.45, 2.75) is 37.8 Å². The highest BCUT2D eigenvalue weighted by Gasteiger charge is 2.28. The largest absolute Gasteiger partial charge is 0.593 e. The molecule has 4 aromatic rings. The molecule has 6 nitrogen and oxygen atoms in total. The van der Waals surface area contributed by atoms with E-state index in [0.717, 1.165) is 59.2 Å². The maximum Gasteiger partial charge on any atom is 0.137 e. The van der Waals surface area contributed by atoms with Gasteiger partial charge in [-0.25, -0.2) is 14.4 Å². The van der Waals surface area contributed by atoms with Crippen LogP contribution in [0.15, 0.2) is 67.1 Å². The number of rotatable bonds is 6. The van der Waals surface area contributed by atoms with Gasteiger partial charge in [-0.1, -0.05) is 0 Å². The number of aromatic nitrogens is 4. The molecule has 32 heavy (non-hydrogen) atoms. The van der Waals surface area contributed by atoms with Crippen molar-refractivity contribution in [1.82, 2.24) is 24.2 Å². The summed E-state index contributed by atoms with van der Waals surface area (Å²) in [5.74, 6) is -0.269. The van der Waals surface area contributed by atoms with Crippen molar-refractivity contribution in [3.63, 3.8) is 0 Å². The van der Waals surface area contributed by atoms with Gasteiger partial charge in [0, 0.05) is 34.9 Å². The number of pyridine rings is 1. The summed E-state index contributed by atoms with van der Waals surface area (Å²) in [6.07, 6.45) is 9.31. The molecule has 0 amide bonds. The molecule has 3 aromatic heterocycles. The Morgan fingerprint density at radius 3 is 2.66 bits per heavy atom. The van der Waals surface area contributed by atoms with Crippen molar-refractivity contribution < 1.29 is 8.94 Å². The Morgan fingerprint density at radius 2 is 1.91 bits per heavy atom. The van der Waals surface area contributed by atoms with Gasteiger partial charge in [0.15, 0.2) is 0 Å². The standard InChI is InChI=1S/C24H24FN5OS/c1-2-32(31)29-18-7-9-19(10-8-18)30-15-28-22(16-3-5-17(25)6-4-16)23(30)20-11-13-26-24-21(20)12-14-27-24/h2-6,11-15,18-19,29H,1,7-10H2,(H,26,27). The van der Waals surface area contributed by atoms with Crippen LogP contribution in [0.4, 0.5) is 4.39 Å². The molecular weight excluding hydrogens is 425 g/mol. The molecule has 1 saturated carbocycles. The Labute approximate surface area is 188 Å². The molecule has 0 aliphatic heterocycles. The number of H-pyrrole nitrogens is 1. The first-order valence-electron chi connectivity index (χ1n) is 10.7. The maximum atomic E-state index is 13.6. The normalized spacial score (nSPS) is 19.8. The van der Waals surface area contributed by atoms with Gasteiger partial charge in [0.05, 0.1) is 35.1 Å². The molecule has 0 saturated heterocycles. The first-order valence-corrected chi connectivity index (χ1v) is 11.9. The summed E-state index contributed by atoms with van der Waals surface area (Å²) >= 11 is -1.19. The number of aromatic amines is 1. The lowest BCUT2D eigenvalue weighted by Gasteiger charge is -2.30. The highest BCUT2D eigenvalue weighted by atomic mass is 32.2. The molecule has 5 rings (SSSR count). The topological polar surface area (TPSA) is 81.6 Å². The summed E-state index contributed by atoms with van der Waals surface area (Å²) in [7, 11) is 0. The molecule has 1 fully saturated rings. The molecule has 0 spiro atoms. The maximum absolute atomic E-state index is 13.6. The van der Waals surface area contributed by atoms with Crippen molar-refractivity contribution in [1.29, 1.82) is 0 Å². The van der Waals surface area contributed by atoms with Gasteiger partial charge >= 0.3 is 0 Å². The Kier molecular flexibility index (Phi) is 5.82. The SMILES string of the molecule is C=C[S+]([O-])NC1CCC(n2cnc(-c3ccc(F)cc3)c2-c2ccnc3[nH]ccc23)CC1. The van der Waals surface area contributed by atoms with E-state index in [2.05, 4.69) is 25.8 Å². The zero-order chi connectivity index (χ0) is 22.1. The number of nitrogens with one attached hydrogen (secondary N) is 2. The van der Waals surface area contributed by atoms with Gasteiger partial charge in [-0.05, 0) is 68.7 Å². The summed E-state index contributed by atoms with van der Waals surface area (Å²) in [6.45, 7) is 3.59. The van der Waals surface area contributed by atoms with E-state index in [1.807, 2.05) is 24.7 Å². The van der Waals surface area contributed by atoms with Crippen LogP contribution in [-0.2, 0) is 11.4 Å². The number of imidazole rings is 1. The molecule has 0 radical (unpaired) electrons. The first kappa shape index (κ1) is 20.9. The van der Waals surface area contributed by atoms with Gasteiger partial charge in [-0.3, -0.25) is 0 Å². The summed E-state index contributed by atoms with van der Waals surface area (Å²) in [4.78, 5) is 12.4. The number of benzene rings is 1. The third-order valence-corrected chi connectivity index (χ3v) is 7.02. The average molecular weight is 450 g/mol. The van der Waals surface area contributed by atoms with Crippen LogP contribution < -0.4 is 4.72 Å². The fraction of sp³-hybridized carbons (Fsp3) is 0.250. The molecule has 1 atom stereocenters. The molecule has 3 heterocycles. The second-order valence-electron chi connectivity index (χ2n) is 8.04. The summed E-state index contributed by atoms with van der Waals surface area (Å²) < 4.78 is 30.7. The van der Waals surface area contributed by atoms with Gasteiger partial charge in [0.1, 0.15) is 16.9 Å². The van der Waals surface area contributed by atoms with Crippen LogP contribution in [-0.4, -0.2) is 30.1 Å². The van der Waals surface area contributed by atoms with Gasteiger partial charge in [-0.15, -0.1) is 4.72 Å². The Bertz CT molecular complexity index is 1230. The molecular formula is C24H24FN5OS. The minimum Gasteiger partial charge on any atom is -0.593 e. The predicted molar refractivity (Wildman–Crippen MR) is 125 cm³/mol. The average Bonchev–Trinajstić information content (AvgIpc) is 3.47. The zero-order valence-corrected chi connectivity index (χ0v) is 18.3. The predicted octanol–water partition coefficient (Wildman–Crippen LogP) is 5.11. The van der Waals surface area contributed by atoms with E-state index in [-0.39, 0.29) is 17.9 Å². The van der Waals surface area contributed by atoms with Gasteiger partial charge in [0.25, 0.3) is 0 Å². The lowest BCUT2D eigenvalue weighted by Crippen LogP contribution is -2.36. The first-order chi connectivity index (χ1) is 15.6. The second-order valence-corrected chi connectivity index (χ2v) is 9.21. The van der Waals surface area contributed by atoms with Crippen LogP contribution in [0, 0.1) is 5.82 Å². The fourth-order valence-corrected chi connectivity index (χ4v) is 5.24. The third-order valence-electron chi connectivity index (χ3n) is 6.15. The molecule has 2 N–H and O–H groups in total. The van der Waals surface area contributed by atoms with Crippen molar-refractivity contribution in [3.8, 4) is 22.5 Å². The molecule has 1 unspecified atom stereocenters. The monoisotopic (exact) mass is 449 g/mol. The highest BCUT2D eigenvalue weighted by molar-refractivity contribution is 7.92. The summed E-state index contributed by atoms with van der Waals surface area (Å²) in [5.41, 5.74) is 4.57.